The summed E-state index contributed by atoms with van der Waals surface area (Å²) < 4.78 is 0. The second-order valence-electron chi connectivity index (χ2n) is 5.35. The molecule has 2 aliphatic rings. The van der Waals surface area contributed by atoms with E-state index < -0.39 is 0 Å². The molecule has 3 nitrogen and oxygen atoms in total. The Bertz CT molecular complexity index is 254. The van der Waals surface area contributed by atoms with Crippen LogP contribution in [0.5, 0.6) is 0 Å². The van der Waals surface area contributed by atoms with E-state index in [2.05, 4.69) is 24.1 Å². The van der Waals surface area contributed by atoms with Gasteiger partial charge in [0, 0.05) is 18.5 Å². The largest absolute Gasteiger partial charge is 0.337 e. The fraction of sp³-hybridized carbons (Fsp3) is 0.923. The Morgan fingerprint density at radius 3 is 2.71 bits per heavy atom. The first kappa shape index (κ1) is 14.8. The van der Waals surface area contributed by atoms with Crippen molar-refractivity contribution in [2.45, 2.75) is 58.0 Å². The summed E-state index contributed by atoms with van der Waals surface area (Å²) in [5, 5.41) is 3.33. The van der Waals surface area contributed by atoms with Gasteiger partial charge in [0.2, 0.25) is 5.91 Å². The summed E-state index contributed by atoms with van der Waals surface area (Å²) in [6, 6.07) is 0.976. The molecule has 2 aliphatic heterocycles. The van der Waals surface area contributed by atoms with E-state index in [9.17, 15) is 4.79 Å². The third-order valence-electron chi connectivity index (χ3n) is 4.17. The molecule has 1 N–H and O–H groups in total. The van der Waals surface area contributed by atoms with Gasteiger partial charge in [-0.25, -0.2) is 0 Å². The van der Waals surface area contributed by atoms with Gasteiger partial charge in [-0.3, -0.25) is 4.79 Å². The molecule has 0 saturated carbocycles. The van der Waals surface area contributed by atoms with Gasteiger partial charge >= 0.3 is 0 Å². The molecular weight excluding hydrogens is 236 g/mol. The number of carbonyl (C=O) groups is 1. The molecule has 0 aliphatic carbocycles. The summed E-state index contributed by atoms with van der Waals surface area (Å²) in [6.45, 7) is 6.51. The van der Waals surface area contributed by atoms with Crippen molar-refractivity contribution in [1.82, 2.24) is 10.2 Å². The van der Waals surface area contributed by atoms with Crippen LogP contribution in [0.15, 0.2) is 0 Å². The highest BCUT2D eigenvalue weighted by Crippen LogP contribution is 2.28. The van der Waals surface area contributed by atoms with E-state index in [0.717, 1.165) is 25.9 Å². The van der Waals surface area contributed by atoms with Crippen molar-refractivity contribution < 1.29 is 4.79 Å². The molecule has 3 unspecified atom stereocenters. The zero-order valence-electron chi connectivity index (χ0n) is 10.9. The van der Waals surface area contributed by atoms with E-state index in [1.807, 2.05) is 0 Å². The van der Waals surface area contributed by atoms with Crippen LogP contribution in [0.3, 0.4) is 0 Å². The first-order valence-corrected chi connectivity index (χ1v) is 6.74. The Labute approximate surface area is 111 Å². The van der Waals surface area contributed by atoms with E-state index in [-0.39, 0.29) is 12.4 Å². The zero-order chi connectivity index (χ0) is 11.5. The van der Waals surface area contributed by atoms with Gasteiger partial charge in [-0.2, -0.15) is 0 Å². The average molecular weight is 261 g/mol. The molecule has 0 bridgehead atoms. The van der Waals surface area contributed by atoms with Crippen LogP contribution in [0.4, 0.5) is 0 Å². The second-order valence-corrected chi connectivity index (χ2v) is 5.35. The SMILES string of the molecule is CCC1CCC(C)N1C(=O)CC1CCNC1.Cl. The number of hydrogen-bond acceptors (Lipinski definition) is 2. The minimum Gasteiger partial charge on any atom is -0.337 e. The number of likely N-dealkylation sites (tertiary alicyclic amines) is 1. The summed E-state index contributed by atoms with van der Waals surface area (Å²) in [5.74, 6) is 0.975. The van der Waals surface area contributed by atoms with Gasteiger partial charge in [-0.05, 0) is 51.6 Å². The van der Waals surface area contributed by atoms with Gasteiger partial charge in [-0.15, -0.1) is 12.4 Å². The normalized spacial score (nSPS) is 32.6. The highest BCUT2D eigenvalue weighted by Gasteiger charge is 2.34. The van der Waals surface area contributed by atoms with Crippen molar-refractivity contribution in [3.63, 3.8) is 0 Å². The van der Waals surface area contributed by atoms with Crippen LogP contribution < -0.4 is 5.32 Å². The molecule has 0 spiro atoms. The average Bonchev–Trinajstić information content (AvgIpc) is 2.87. The molecule has 2 fully saturated rings. The molecule has 0 aromatic heterocycles. The zero-order valence-corrected chi connectivity index (χ0v) is 11.8. The maximum atomic E-state index is 12.3. The predicted octanol–water partition coefficient (Wildman–Crippen LogP) is 2.20. The van der Waals surface area contributed by atoms with Crippen LogP contribution in [0.25, 0.3) is 0 Å². The number of nitrogens with one attached hydrogen (secondary N) is 1. The van der Waals surface area contributed by atoms with E-state index in [1.54, 1.807) is 0 Å². The molecule has 0 aromatic rings. The minimum atomic E-state index is 0. The lowest BCUT2D eigenvalue weighted by molar-refractivity contribution is -0.134. The molecule has 3 atom stereocenters. The van der Waals surface area contributed by atoms with Gasteiger partial charge in [0.05, 0.1) is 0 Å². The van der Waals surface area contributed by atoms with Gasteiger partial charge in [0.25, 0.3) is 0 Å². The summed E-state index contributed by atoms with van der Waals surface area (Å²) in [5.41, 5.74) is 0. The van der Waals surface area contributed by atoms with Crippen LogP contribution in [0.2, 0.25) is 0 Å². The number of amides is 1. The Morgan fingerprint density at radius 2 is 2.12 bits per heavy atom. The van der Waals surface area contributed by atoms with Crippen LogP contribution >= 0.6 is 12.4 Å². The third-order valence-corrected chi connectivity index (χ3v) is 4.17. The monoisotopic (exact) mass is 260 g/mol. The Hall–Kier alpha value is -0.280. The fourth-order valence-corrected chi connectivity index (χ4v) is 3.16. The second kappa shape index (κ2) is 6.60. The molecule has 0 radical (unpaired) electrons. The highest BCUT2D eigenvalue weighted by atomic mass is 35.5. The quantitative estimate of drug-likeness (QED) is 0.844. The van der Waals surface area contributed by atoms with Crippen molar-refractivity contribution in [2.75, 3.05) is 13.1 Å². The van der Waals surface area contributed by atoms with Crippen LogP contribution in [0.1, 0.15) is 46.0 Å². The number of rotatable bonds is 3. The molecule has 4 heteroatoms. The molecule has 2 heterocycles. The number of nitrogens with zero attached hydrogens (tertiary/aromatic N) is 1. The molecule has 17 heavy (non-hydrogen) atoms. The summed E-state index contributed by atoms with van der Waals surface area (Å²) >= 11 is 0. The maximum absolute atomic E-state index is 12.3. The smallest absolute Gasteiger partial charge is 0.223 e. The predicted molar refractivity (Wildman–Crippen MR) is 72.5 cm³/mol. The maximum Gasteiger partial charge on any atom is 0.223 e. The number of hydrogen-bond donors (Lipinski definition) is 1. The summed E-state index contributed by atoms with van der Waals surface area (Å²) in [6.07, 6.45) is 5.43. The molecule has 2 saturated heterocycles. The molecular formula is C13H25ClN2O. The van der Waals surface area contributed by atoms with Crippen molar-refractivity contribution in [3.05, 3.63) is 0 Å². The Morgan fingerprint density at radius 1 is 1.35 bits per heavy atom. The molecule has 1 amide bonds. The van der Waals surface area contributed by atoms with Crippen LogP contribution in [-0.2, 0) is 4.79 Å². The summed E-state index contributed by atoms with van der Waals surface area (Å²) in [4.78, 5) is 14.4. The highest BCUT2D eigenvalue weighted by molar-refractivity contribution is 5.85. The van der Waals surface area contributed by atoms with Crippen molar-refractivity contribution in [2.24, 2.45) is 5.92 Å². The van der Waals surface area contributed by atoms with E-state index >= 15 is 0 Å². The van der Waals surface area contributed by atoms with Crippen molar-refractivity contribution >= 4 is 18.3 Å². The minimum absolute atomic E-state index is 0. The lowest BCUT2D eigenvalue weighted by Crippen LogP contribution is -2.40. The first-order chi connectivity index (χ1) is 7.72. The molecule has 100 valence electrons. The van der Waals surface area contributed by atoms with Gasteiger partial charge < -0.3 is 10.2 Å². The van der Waals surface area contributed by atoms with Gasteiger partial charge in [-0.1, -0.05) is 6.92 Å². The number of carbonyl (C=O) groups excluding carboxylic acids is 1. The lowest BCUT2D eigenvalue weighted by Gasteiger charge is -2.29. The standard InChI is InChI=1S/C13H24N2O.ClH/c1-3-12-5-4-10(2)15(12)13(16)8-11-6-7-14-9-11;/h10-12,14H,3-9H2,1-2H3;1H. The fourth-order valence-electron chi connectivity index (χ4n) is 3.16. The first-order valence-electron chi connectivity index (χ1n) is 6.74. The van der Waals surface area contributed by atoms with Gasteiger partial charge in [0.15, 0.2) is 0 Å². The van der Waals surface area contributed by atoms with E-state index in [4.69, 9.17) is 0 Å². The lowest BCUT2D eigenvalue weighted by atomic mass is 10.0. The van der Waals surface area contributed by atoms with Crippen LogP contribution in [0, 0.1) is 5.92 Å². The van der Waals surface area contributed by atoms with Crippen molar-refractivity contribution in [1.29, 1.82) is 0 Å². The van der Waals surface area contributed by atoms with E-state index in [0.29, 0.717) is 23.9 Å². The van der Waals surface area contributed by atoms with E-state index in [1.165, 1.54) is 19.3 Å². The van der Waals surface area contributed by atoms with Gasteiger partial charge in [0.1, 0.15) is 0 Å². The third kappa shape index (κ3) is 3.35. The van der Waals surface area contributed by atoms with Crippen molar-refractivity contribution in [3.8, 4) is 0 Å². The topological polar surface area (TPSA) is 32.3 Å². The van der Waals surface area contributed by atoms with Crippen LogP contribution in [-0.4, -0.2) is 36.0 Å². The Kier molecular flexibility index (Phi) is 5.74. The number of halogens is 1. The molecule has 2 rings (SSSR count). The Balaban J connectivity index is 0.00000144. The molecule has 0 aromatic carbocycles. The summed E-state index contributed by atoms with van der Waals surface area (Å²) in [7, 11) is 0.